The summed E-state index contributed by atoms with van der Waals surface area (Å²) in [6.07, 6.45) is -1.81. The summed E-state index contributed by atoms with van der Waals surface area (Å²) in [5, 5.41) is 0. The first-order chi connectivity index (χ1) is 7.03. The molecule has 0 aliphatic rings. The van der Waals surface area contributed by atoms with Gasteiger partial charge in [0.05, 0.1) is 7.11 Å². The molecule has 0 saturated heterocycles. The summed E-state index contributed by atoms with van der Waals surface area (Å²) < 4.78 is 65.1. The van der Waals surface area contributed by atoms with Crippen LogP contribution in [0.2, 0.25) is 0 Å². The zero-order chi connectivity index (χ0) is 13.1. The van der Waals surface area contributed by atoms with Crippen molar-refractivity contribution >= 4 is 16.1 Å². The monoisotopic (exact) mass is 264 g/mol. The van der Waals surface area contributed by atoms with Crippen molar-refractivity contribution in [2.45, 2.75) is 25.5 Å². The zero-order valence-electron chi connectivity index (χ0n) is 8.74. The number of methoxy groups -OCH3 is 1. The molecule has 0 amide bonds. The average molecular weight is 264 g/mol. The molecule has 0 spiro atoms. The van der Waals surface area contributed by atoms with Crippen molar-refractivity contribution in [3.8, 4) is 0 Å². The molecule has 0 aromatic rings. The van der Waals surface area contributed by atoms with Crippen molar-refractivity contribution < 1.29 is 35.3 Å². The van der Waals surface area contributed by atoms with E-state index in [4.69, 9.17) is 0 Å². The number of carbonyl (C=O) groups excluding carboxylic acids is 1. The van der Waals surface area contributed by atoms with Crippen LogP contribution in [-0.2, 0) is 23.8 Å². The van der Waals surface area contributed by atoms with Crippen LogP contribution in [0.4, 0.5) is 13.2 Å². The van der Waals surface area contributed by atoms with Crippen LogP contribution in [0.25, 0.3) is 0 Å². The maximum absolute atomic E-state index is 12.0. The first-order valence-electron chi connectivity index (χ1n) is 4.10. The highest BCUT2D eigenvalue weighted by molar-refractivity contribution is 7.87. The second kappa shape index (κ2) is 5.00. The number of hydrogen-bond acceptors (Lipinski definition) is 5. The van der Waals surface area contributed by atoms with Gasteiger partial charge in [0.2, 0.25) is 0 Å². The lowest BCUT2D eigenvalue weighted by atomic mass is 10.1. The van der Waals surface area contributed by atoms with Crippen LogP contribution in [0.15, 0.2) is 0 Å². The Hall–Kier alpha value is -0.830. The van der Waals surface area contributed by atoms with E-state index in [0.29, 0.717) is 0 Å². The van der Waals surface area contributed by atoms with Crippen LogP contribution < -0.4 is 0 Å². The Labute approximate surface area is 90.6 Å². The highest BCUT2D eigenvalue weighted by Crippen LogP contribution is 2.27. The van der Waals surface area contributed by atoms with Gasteiger partial charge in [0.15, 0.2) is 6.10 Å². The summed E-state index contributed by atoms with van der Waals surface area (Å²) in [5.74, 6) is -1.95. The SMILES string of the molecule is COC(=O)C(OS(=O)(=O)C(F)(F)F)C(C)C. The van der Waals surface area contributed by atoms with Crippen LogP contribution in [0, 0.1) is 5.92 Å². The topological polar surface area (TPSA) is 69.7 Å². The Bertz CT molecular complexity index is 346. The number of esters is 1. The highest BCUT2D eigenvalue weighted by atomic mass is 32.2. The molecule has 9 heteroatoms. The predicted molar refractivity (Wildman–Crippen MR) is 46.7 cm³/mol. The Balaban J connectivity index is 4.99. The van der Waals surface area contributed by atoms with Crippen LogP contribution in [0.3, 0.4) is 0 Å². The second-order valence-electron chi connectivity index (χ2n) is 3.18. The van der Waals surface area contributed by atoms with E-state index in [-0.39, 0.29) is 0 Å². The molecule has 0 radical (unpaired) electrons. The van der Waals surface area contributed by atoms with Crippen LogP contribution in [0.5, 0.6) is 0 Å². The molecule has 0 rings (SSSR count). The second-order valence-corrected chi connectivity index (χ2v) is 4.75. The molecule has 1 atom stereocenters. The molecule has 1 unspecified atom stereocenters. The molecule has 96 valence electrons. The van der Waals surface area contributed by atoms with E-state index in [1.165, 1.54) is 13.8 Å². The molecule has 5 nitrogen and oxygen atoms in total. The molecule has 0 aromatic heterocycles. The molecule has 0 fully saturated rings. The smallest absolute Gasteiger partial charge is 0.467 e. The third-order valence-electron chi connectivity index (χ3n) is 1.55. The Morgan fingerprint density at radius 3 is 1.94 bits per heavy atom. The lowest BCUT2D eigenvalue weighted by molar-refractivity contribution is -0.151. The van der Waals surface area contributed by atoms with Gasteiger partial charge in [-0.2, -0.15) is 21.6 Å². The van der Waals surface area contributed by atoms with E-state index in [9.17, 15) is 26.4 Å². The summed E-state index contributed by atoms with van der Waals surface area (Å²) in [4.78, 5) is 11.0. The fourth-order valence-electron chi connectivity index (χ4n) is 0.730. The Morgan fingerprint density at radius 1 is 1.25 bits per heavy atom. The van der Waals surface area contributed by atoms with E-state index in [1.54, 1.807) is 0 Å². The number of rotatable bonds is 4. The quantitative estimate of drug-likeness (QED) is 0.431. The maximum Gasteiger partial charge on any atom is 0.523 e. The van der Waals surface area contributed by atoms with Crippen LogP contribution in [0.1, 0.15) is 13.8 Å². The first-order valence-corrected chi connectivity index (χ1v) is 5.51. The predicted octanol–water partition coefficient (Wildman–Crippen LogP) is 1.05. The van der Waals surface area contributed by atoms with Gasteiger partial charge < -0.3 is 4.74 Å². The van der Waals surface area contributed by atoms with E-state index in [0.717, 1.165) is 7.11 Å². The van der Waals surface area contributed by atoms with Crippen molar-refractivity contribution in [2.24, 2.45) is 5.92 Å². The van der Waals surface area contributed by atoms with Crippen LogP contribution in [-0.4, -0.2) is 33.1 Å². The Kier molecular flexibility index (Phi) is 4.74. The minimum atomic E-state index is -5.80. The van der Waals surface area contributed by atoms with E-state index < -0.39 is 33.6 Å². The van der Waals surface area contributed by atoms with Gasteiger partial charge in [-0.25, -0.2) is 8.98 Å². The van der Waals surface area contributed by atoms with Gasteiger partial charge in [0, 0.05) is 0 Å². The summed E-state index contributed by atoms with van der Waals surface area (Å²) in [5.41, 5.74) is -5.56. The minimum absolute atomic E-state index is 0.774. The van der Waals surface area contributed by atoms with Crippen molar-refractivity contribution in [3.05, 3.63) is 0 Å². The Morgan fingerprint density at radius 2 is 1.69 bits per heavy atom. The van der Waals surface area contributed by atoms with E-state index >= 15 is 0 Å². The lowest BCUT2D eigenvalue weighted by Gasteiger charge is -2.19. The zero-order valence-corrected chi connectivity index (χ0v) is 9.55. The molecule has 0 saturated carbocycles. The number of ether oxygens (including phenoxy) is 1. The molecular weight excluding hydrogens is 253 g/mol. The van der Waals surface area contributed by atoms with Gasteiger partial charge in [-0.1, -0.05) is 13.8 Å². The van der Waals surface area contributed by atoms with Gasteiger partial charge in [-0.3, -0.25) is 0 Å². The van der Waals surface area contributed by atoms with Gasteiger partial charge in [-0.15, -0.1) is 0 Å². The van der Waals surface area contributed by atoms with E-state index in [2.05, 4.69) is 8.92 Å². The maximum atomic E-state index is 12.0. The lowest BCUT2D eigenvalue weighted by Crippen LogP contribution is -2.37. The third kappa shape index (κ3) is 3.63. The molecule has 0 aliphatic carbocycles. The number of halogens is 3. The fraction of sp³-hybridized carbons (Fsp3) is 0.857. The molecular formula is C7H11F3O5S. The van der Waals surface area contributed by atoms with Gasteiger partial charge in [0.25, 0.3) is 0 Å². The molecule has 0 aliphatic heterocycles. The summed E-state index contributed by atoms with van der Waals surface area (Å²) in [6, 6.07) is 0. The molecule has 0 N–H and O–H groups in total. The normalized spacial score (nSPS) is 14.9. The van der Waals surface area contributed by atoms with Crippen LogP contribution >= 0.6 is 0 Å². The molecule has 0 heterocycles. The molecule has 0 aromatic carbocycles. The van der Waals surface area contributed by atoms with Gasteiger partial charge in [-0.05, 0) is 5.92 Å². The number of hydrogen-bond donors (Lipinski definition) is 0. The fourth-order valence-corrected chi connectivity index (χ4v) is 1.41. The van der Waals surface area contributed by atoms with Crippen molar-refractivity contribution in [1.82, 2.24) is 0 Å². The number of carbonyl (C=O) groups is 1. The van der Waals surface area contributed by atoms with E-state index in [1.807, 2.05) is 0 Å². The average Bonchev–Trinajstić information content (AvgIpc) is 2.10. The van der Waals surface area contributed by atoms with Gasteiger partial charge >= 0.3 is 21.6 Å². The highest BCUT2D eigenvalue weighted by Gasteiger charge is 2.50. The van der Waals surface area contributed by atoms with Crippen molar-refractivity contribution in [1.29, 1.82) is 0 Å². The number of alkyl halides is 3. The largest absolute Gasteiger partial charge is 0.523 e. The van der Waals surface area contributed by atoms with Crippen molar-refractivity contribution in [2.75, 3.05) is 7.11 Å². The summed E-state index contributed by atoms with van der Waals surface area (Å²) in [6.45, 7) is 2.65. The third-order valence-corrected chi connectivity index (χ3v) is 2.58. The summed E-state index contributed by atoms with van der Waals surface area (Å²) >= 11 is 0. The standard InChI is InChI=1S/C7H11F3O5S/c1-4(2)5(6(11)14-3)15-16(12,13)7(8,9)10/h4-5H,1-3H3. The minimum Gasteiger partial charge on any atom is -0.467 e. The molecule has 0 bridgehead atoms. The van der Waals surface area contributed by atoms with Crippen molar-refractivity contribution in [3.63, 3.8) is 0 Å². The van der Waals surface area contributed by atoms with Gasteiger partial charge in [0.1, 0.15) is 0 Å². The first kappa shape index (κ1) is 15.2. The molecule has 16 heavy (non-hydrogen) atoms. The summed E-state index contributed by atoms with van der Waals surface area (Å²) in [7, 11) is -4.88.